The van der Waals surface area contributed by atoms with Crippen molar-refractivity contribution in [3.05, 3.63) is 81.1 Å². The number of nitrogen functional groups attached to an aromatic ring is 1. The van der Waals surface area contributed by atoms with Crippen LogP contribution in [0.25, 0.3) is 5.69 Å². The van der Waals surface area contributed by atoms with Gasteiger partial charge < -0.3 is 5.73 Å². The quantitative estimate of drug-likeness (QED) is 0.529. The smallest absolute Gasteiger partial charge is 0.262 e. The van der Waals surface area contributed by atoms with Crippen molar-refractivity contribution in [2.24, 2.45) is 10.2 Å². The molecule has 2 heterocycles. The van der Waals surface area contributed by atoms with E-state index >= 15 is 0 Å². The molecule has 1 aliphatic rings. The average Bonchev–Trinajstić information content (AvgIpc) is 2.96. The monoisotopic (exact) mass is 387 g/mol. The molecule has 3 N–H and O–H groups in total. The zero-order valence-corrected chi connectivity index (χ0v) is 15.8. The second kappa shape index (κ2) is 6.83. The fourth-order valence-corrected chi connectivity index (χ4v) is 3.15. The van der Waals surface area contributed by atoms with Gasteiger partial charge in [-0.05, 0) is 43.7 Å². The number of amides is 2. The van der Waals surface area contributed by atoms with Crippen LogP contribution in [0, 0.1) is 13.8 Å². The number of azo groups is 1. The molecular weight excluding hydrogens is 370 g/mol. The van der Waals surface area contributed by atoms with Crippen molar-refractivity contribution >= 4 is 29.0 Å². The van der Waals surface area contributed by atoms with Crippen molar-refractivity contribution in [2.45, 2.75) is 13.8 Å². The van der Waals surface area contributed by atoms with Gasteiger partial charge >= 0.3 is 0 Å². The number of hydrogen-bond acceptors (Lipinski definition) is 6. The third-order valence-corrected chi connectivity index (χ3v) is 4.63. The molecule has 8 nitrogen and oxygen atoms in total. The molecule has 8 heteroatoms. The van der Waals surface area contributed by atoms with Gasteiger partial charge in [-0.3, -0.25) is 24.3 Å². The van der Waals surface area contributed by atoms with Crippen LogP contribution in [0.15, 0.2) is 63.6 Å². The molecule has 0 saturated carbocycles. The van der Waals surface area contributed by atoms with Crippen LogP contribution in [0.3, 0.4) is 0 Å². The van der Waals surface area contributed by atoms with Gasteiger partial charge in [-0.25, -0.2) is 0 Å². The number of fused-ring (bicyclic) bond motifs is 1. The number of imide groups is 1. The maximum Gasteiger partial charge on any atom is 0.262 e. The van der Waals surface area contributed by atoms with Gasteiger partial charge in [0.25, 0.3) is 17.4 Å². The highest BCUT2D eigenvalue weighted by atomic mass is 16.2. The summed E-state index contributed by atoms with van der Waals surface area (Å²) in [6, 6.07) is 13.8. The van der Waals surface area contributed by atoms with Crippen molar-refractivity contribution in [2.75, 3.05) is 5.73 Å². The van der Waals surface area contributed by atoms with Crippen molar-refractivity contribution in [3.63, 3.8) is 0 Å². The minimum Gasteiger partial charge on any atom is -0.384 e. The minimum absolute atomic E-state index is 0.0170. The summed E-state index contributed by atoms with van der Waals surface area (Å²) in [6.45, 7) is 3.86. The molecular formula is C21H17N5O3. The number of nitrogens with two attached hydrogens (primary N) is 1. The number of pyridine rings is 1. The highest BCUT2D eigenvalue weighted by Gasteiger charge is 2.32. The largest absolute Gasteiger partial charge is 0.384 e. The highest BCUT2D eigenvalue weighted by molar-refractivity contribution is 6.23. The summed E-state index contributed by atoms with van der Waals surface area (Å²) in [5.41, 5.74) is 8.99. The number of aromatic nitrogens is 1. The Morgan fingerprint density at radius 1 is 0.862 bits per heavy atom. The van der Waals surface area contributed by atoms with Crippen molar-refractivity contribution in [3.8, 4) is 5.69 Å². The van der Waals surface area contributed by atoms with Gasteiger partial charge in [-0.15, -0.1) is 5.11 Å². The number of nitrogens with one attached hydrogen (secondary N) is 1. The summed E-state index contributed by atoms with van der Waals surface area (Å²) in [7, 11) is 0. The average molecular weight is 387 g/mol. The van der Waals surface area contributed by atoms with Crippen LogP contribution >= 0.6 is 0 Å². The third-order valence-electron chi connectivity index (χ3n) is 4.63. The van der Waals surface area contributed by atoms with E-state index in [1.165, 1.54) is 4.57 Å². The van der Waals surface area contributed by atoms with Crippen LogP contribution < -0.4 is 16.6 Å². The predicted octanol–water partition coefficient (Wildman–Crippen LogP) is 3.34. The molecule has 1 aromatic heterocycles. The number of nitrogens with zero attached hydrogens (tertiary/aromatic N) is 3. The summed E-state index contributed by atoms with van der Waals surface area (Å²) in [6.07, 6.45) is 0. The summed E-state index contributed by atoms with van der Waals surface area (Å²) in [5, 5.41) is 10.7. The van der Waals surface area contributed by atoms with E-state index < -0.39 is 17.4 Å². The number of benzene rings is 2. The molecule has 0 radical (unpaired) electrons. The van der Waals surface area contributed by atoms with E-state index in [0.29, 0.717) is 17.1 Å². The highest BCUT2D eigenvalue weighted by Crippen LogP contribution is 2.30. The van der Waals surface area contributed by atoms with E-state index in [0.717, 1.165) is 17.2 Å². The normalized spacial score (nSPS) is 13.0. The molecule has 2 amide bonds. The van der Waals surface area contributed by atoms with Gasteiger partial charge in [0.15, 0.2) is 0 Å². The van der Waals surface area contributed by atoms with E-state index in [4.69, 9.17) is 5.73 Å². The van der Waals surface area contributed by atoms with Crippen LogP contribution in [-0.4, -0.2) is 16.4 Å². The Labute approximate surface area is 165 Å². The van der Waals surface area contributed by atoms with E-state index in [9.17, 15) is 14.4 Å². The first-order valence-electron chi connectivity index (χ1n) is 8.86. The first kappa shape index (κ1) is 18.3. The van der Waals surface area contributed by atoms with Crippen LogP contribution in [-0.2, 0) is 0 Å². The lowest BCUT2D eigenvalue weighted by Crippen LogP contribution is -2.24. The molecule has 0 aliphatic carbocycles. The van der Waals surface area contributed by atoms with E-state index in [1.54, 1.807) is 18.2 Å². The first-order chi connectivity index (χ1) is 13.8. The molecule has 0 unspecified atom stereocenters. The Morgan fingerprint density at radius 2 is 1.55 bits per heavy atom. The molecule has 0 fully saturated rings. The zero-order chi connectivity index (χ0) is 20.7. The summed E-state index contributed by atoms with van der Waals surface area (Å²) in [4.78, 5) is 36.7. The maximum atomic E-state index is 12.7. The first-order valence-corrected chi connectivity index (χ1v) is 8.86. The second-order valence-electron chi connectivity index (χ2n) is 6.80. The van der Waals surface area contributed by atoms with Gasteiger partial charge in [0.05, 0.1) is 22.5 Å². The molecule has 0 saturated heterocycles. The van der Waals surface area contributed by atoms with Gasteiger partial charge in [0, 0.05) is 6.07 Å². The lowest BCUT2D eigenvalue weighted by atomic mass is 10.1. The summed E-state index contributed by atoms with van der Waals surface area (Å²) in [5.74, 6) is -1.39. The number of hydrogen-bond donors (Lipinski definition) is 2. The van der Waals surface area contributed by atoms with Gasteiger partial charge in [-0.2, -0.15) is 5.11 Å². The molecule has 0 spiro atoms. The van der Waals surface area contributed by atoms with Gasteiger partial charge in [0.2, 0.25) is 0 Å². The fourth-order valence-electron chi connectivity index (χ4n) is 3.15. The topological polar surface area (TPSA) is 119 Å². The number of anilines is 1. The molecule has 0 atom stereocenters. The Balaban J connectivity index is 1.88. The van der Waals surface area contributed by atoms with Crippen molar-refractivity contribution in [1.29, 1.82) is 0 Å². The summed E-state index contributed by atoms with van der Waals surface area (Å²) >= 11 is 0. The Hall–Kier alpha value is -4.07. The third kappa shape index (κ3) is 3.20. The van der Waals surface area contributed by atoms with Crippen LogP contribution in [0.5, 0.6) is 0 Å². The standard InChI is InChI=1S/C21H17N5O3/c1-11-3-6-13(7-4-11)24-25-15-9-12(2)5-8-16(15)26-17(27)10-14-18(19(26)22)21(29)23-20(14)28/h3-10H,22H2,1-2H3,(H,23,28,29). The Bertz CT molecular complexity index is 1260. The fraction of sp³-hybridized carbons (Fsp3) is 0.0952. The Kier molecular flexibility index (Phi) is 4.31. The lowest BCUT2D eigenvalue weighted by Gasteiger charge is -2.14. The predicted molar refractivity (Wildman–Crippen MR) is 108 cm³/mol. The van der Waals surface area contributed by atoms with Crippen molar-refractivity contribution < 1.29 is 9.59 Å². The number of rotatable bonds is 3. The van der Waals surface area contributed by atoms with Gasteiger partial charge in [-0.1, -0.05) is 23.8 Å². The molecule has 2 aromatic carbocycles. The molecule has 0 bridgehead atoms. The maximum absolute atomic E-state index is 12.7. The van der Waals surface area contributed by atoms with Crippen LogP contribution in [0.2, 0.25) is 0 Å². The van der Waals surface area contributed by atoms with Crippen molar-refractivity contribution in [1.82, 2.24) is 9.88 Å². The molecule has 1 aliphatic heterocycles. The molecule has 4 rings (SSSR count). The molecule has 144 valence electrons. The minimum atomic E-state index is -0.635. The lowest BCUT2D eigenvalue weighted by molar-refractivity contribution is 0.0880. The number of carbonyl (C=O) groups is 2. The SMILES string of the molecule is Cc1ccc(N=Nc2cc(C)ccc2-n2c(N)c3c(cc2=O)C(=O)NC3=O)cc1. The number of aryl methyl sites for hydroxylation is 2. The van der Waals surface area contributed by atoms with E-state index in [2.05, 4.69) is 15.5 Å². The number of carbonyl (C=O) groups excluding carboxylic acids is 2. The summed E-state index contributed by atoms with van der Waals surface area (Å²) < 4.78 is 1.17. The second-order valence-corrected chi connectivity index (χ2v) is 6.80. The van der Waals surface area contributed by atoms with Crippen LogP contribution in [0.1, 0.15) is 31.8 Å². The van der Waals surface area contributed by atoms with E-state index in [-0.39, 0.29) is 16.9 Å². The molecule has 3 aromatic rings. The van der Waals surface area contributed by atoms with E-state index in [1.807, 2.05) is 38.1 Å². The van der Waals surface area contributed by atoms with Crippen LogP contribution in [0.4, 0.5) is 17.2 Å². The van der Waals surface area contributed by atoms with Gasteiger partial charge in [0.1, 0.15) is 11.5 Å². The Morgan fingerprint density at radius 3 is 2.28 bits per heavy atom. The zero-order valence-electron chi connectivity index (χ0n) is 15.8. The molecule has 29 heavy (non-hydrogen) atoms.